The van der Waals surface area contributed by atoms with Crippen LogP contribution < -0.4 is 0 Å². The molecule has 6 unspecified atom stereocenters. The lowest BCUT2D eigenvalue weighted by atomic mass is 9.44. The smallest absolute Gasteiger partial charge is 0.303 e. The molecule has 4 aliphatic rings. The Morgan fingerprint density at radius 2 is 1.70 bits per heavy atom. The first-order valence-corrected chi connectivity index (χ1v) is 11.7. The van der Waals surface area contributed by atoms with E-state index in [-0.39, 0.29) is 6.10 Å². The number of aliphatic carboxylic acids is 1. The van der Waals surface area contributed by atoms with Gasteiger partial charge in [0.05, 0.1) is 6.10 Å². The molecule has 3 nitrogen and oxygen atoms in total. The summed E-state index contributed by atoms with van der Waals surface area (Å²) in [6.07, 6.45) is 12.4. The summed E-state index contributed by atoms with van der Waals surface area (Å²) in [6, 6.07) is 0. The number of fused-ring (bicyclic) bond motifs is 5. The monoisotopic (exact) mass is 376 g/mol. The van der Waals surface area contributed by atoms with Gasteiger partial charge < -0.3 is 10.2 Å². The minimum atomic E-state index is -0.643. The largest absolute Gasteiger partial charge is 0.481 e. The quantitative estimate of drug-likeness (QED) is 0.680. The Bertz CT molecular complexity index is 574. The molecule has 4 fully saturated rings. The Morgan fingerprint density at radius 1 is 1.00 bits per heavy atom. The Kier molecular flexibility index (Phi) is 5.15. The summed E-state index contributed by atoms with van der Waals surface area (Å²) in [5.74, 6) is 3.91. The van der Waals surface area contributed by atoms with E-state index in [0.29, 0.717) is 29.1 Å². The molecule has 0 saturated heterocycles. The molecule has 0 aromatic rings. The molecule has 154 valence electrons. The van der Waals surface area contributed by atoms with Crippen molar-refractivity contribution in [2.45, 2.75) is 97.5 Å². The minimum absolute atomic E-state index is 0.0561. The lowest BCUT2D eigenvalue weighted by Crippen LogP contribution is -2.54. The van der Waals surface area contributed by atoms with Crippen molar-refractivity contribution >= 4 is 5.97 Å². The molecule has 0 heterocycles. The second-order valence-electron chi connectivity index (χ2n) is 11.2. The standard InChI is InChI=1S/C24H40O3/c1-15(4-9-22(26)27)19-7-8-20-18-6-5-16-14-17(25)10-12-23(16,2)21(18)11-13-24(19,20)3/h15-21,25H,4-14H2,1-3H3,(H,26,27)/t15-,16?,17?,18?,19?,20+,21+,23?,24?/m1/s1. The summed E-state index contributed by atoms with van der Waals surface area (Å²) < 4.78 is 0. The fraction of sp³-hybridized carbons (Fsp3) is 0.958. The molecule has 9 atom stereocenters. The number of hydrogen-bond donors (Lipinski definition) is 2. The first kappa shape index (κ1) is 19.7. The van der Waals surface area contributed by atoms with Gasteiger partial charge in [-0.15, -0.1) is 0 Å². The number of hydrogen-bond acceptors (Lipinski definition) is 2. The fourth-order valence-electron chi connectivity index (χ4n) is 8.76. The van der Waals surface area contributed by atoms with Gasteiger partial charge in [-0.3, -0.25) is 4.79 Å². The van der Waals surface area contributed by atoms with E-state index in [9.17, 15) is 9.90 Å². The molecule has 0 aliphatic heterocycles. The maximum Gasteiger partial charge on any atom is 0.303 e. The van der Waals surface area contributed by atoms with Crippen molar-refractivity contribution in [1.82, 2.24) is 0 Å². The minimum Gasteiger partial charge on any atom is -0.481 e. The lowest BCUT2D eigenvalue weighted by Gasteiger charge is -2.61. The Balaban J connectivity index is 1.51. The van der Waals surface area contributed by atoms with Crippen LogP contribution in [0, 0.1) is 46.3 Å². The van der Waals surface area contributed by atoms with Crippen LogP contribution in [-0.4, -0.2) is 22.3 Å². The third kappa shape index (κ3) is 3.16. The molecule has 0 bridgehead atoms. The molecule has 3 heteroatoms. The zero-order valence-corrected chi connectivity index (χ0v) is 17.6. The van der Waals surface area contributed by atoms with Crippen molar-refractivity contribution in [3.63, 3.8) is 0 Å². The zero-order chi connectivity index (χ0) is 19.4. The third-order valence-electron chi connectivity index (χ3n) is 10.2. The van der Waals surface area contributed by atoms with Gasteiger partial charge in [0, 0.05) is 6.42 Å². The van der Waals surface area contributed by atoms with Crippen molar-refractivity contribution < 1.29 is 15.0 Å². The maximum atomic E-state index is 11.0. The molecular weight excluding hydrogens is 336 g/mol. The molecule has 0 radical (unpaired) electrons. The number of carbonyl (C=O) groups is 1. The molecule has 4 aliphatic carbocycles. The van der Waals surface area contributed by atoms with Crippen LogP contribution in [0.1, 0.15) is 91.4 Å². The van der Waals surface area contributed by atoms with Crippen molar-refractivity contribution in [1.29, 1.82) is 0 Å². The highest BCUT2D eigenvalue weighted by Crippen LogP contribution is 2.68. The first-order chi connectivity index (χ1) is 12.8. The summed E-state index contributed by atoms with van der Waals surface area (Å²) >= 11 is 0. The predicted octanol–water partition coefficient (Wildman–Crippen LogP) is 5.51. The van der Waals surface area contributed by atoms with Crippen LogP contribution in [0.5, 0.6) is 0 Å². The van der Waals surface area contributed by atoms with Crippen LogP contribution >= 0.6 is 0 Å². The molecule has 2 N–H and O–H groups in total. The molecule has 0 spiro atoms. The van der Waals surface area contributed by atoms with Crippen LogP contribution in [-0.2, 0) is 4.79 Å². The van der Waals surface area contributed by atoms with E-state index < -0.39 is 5.97 Å². The van der Waals surface area contributed by atoms with E-state index in [4.69, 9.17) is 5.11 Å². The second-order valence-corrected chi connectivity index (χ2v) is 11.2. The SMILES string of the molecule is C[C@H](CCC(=O)O)C1CC[C@H]2C3CCC4CC(O)CCC4(C)[C@H]3CCC12C. The van der Waals surface area contributed by atoms with Gasteiger partial charge in [0.1, 0.15) is 0 Å². The average Bonchev–Trinajstić information content (AvgIpc) is 2.97. The van der Waals surface area contributed by atoms with Gasteiger partial charge in [-0.05, 0) is 111 Å². The molecular formula is C24H40O3. The zero-order valence-electron chi connectivity index (χ0n) is 17.6. The summed E-state index contributed by atoms with van der Waals surface area (Å²) in [4.78, 5) is 11.0. The number of aliphatic hydroxyl groups is 1. The van der Waals surface area contributed by atoms with E-state index in [1.807, 2.05) is 0 Å². The van der Waals surface area contributed by atoms with Gasteiger partial charge in [0.15, 0.2) is 0 Å². The highest BCUT2D eigenvalue weighted by molar-refractivity contribution is 5.66. The van der Waals surface area contributed by atoms with Gasteiger partial charge in [0.25, 0.3) is 0 Å². The van der Waals surface area contributed by atoms with Crippen LogP contribution in [0.3, 0.4) is 0 Å². The van der Waals surface area contributed by atoms with Crippen molar-refractivity contribution in [3.05, 3.63) is 0 Å². The first-order valence-electron chi connectivity index (χ1n) is 11.7. The van der Waals surface area contributed by atoms with Crippen molar-refractivity contribution in [2.75, 3.05) is 0 Å². The summed E-state index contributed by atoms with van der Waals surface area (Å²) in [7, 11) is 0. The second kappa shape index (κ2) is 7.04. The highest BCUT2D eigenvalue weighted by atomic mass is 16.4. The topological polar surface area (TPSA) is 57.5 Å². The predicted molar refractivity (Wildman–Crippen MR) is 107 cm³/mol. The third-order valence-corrected chi connectivity index (χ3v) is 10.2. The number of rotatable bonds is 4. The van der Waals surface area contributed by atoms with Gasteiger partial charge in [-0.2, -0.15) is 0 Å². The summed E-state index contributed by atoms with van der Waals surface area (Å²) in [6.45, 7) is 7.43. The number of carboxylic acids is 1. The van der Waals surface area contributed by atoms with E-state index in [2.05, 4.69) is 20.8 Å². The number of carboxylic acid groups (broad SMARTS) is 1. The van der Waals surface area contributed by atoms with Gasteiger partial charge in [-0.1, -0.05) is 20.8 Å². The molecule has 0 amide bonds. The normalized spacial score (nSPS) is 50.4. The maximum absolute atomic E-state index is 11.0. The van der Waals surface area contributed by atoms with Crippen LogP contribution in [0.25, 0.3) is 0 Å². The number of aliphatic hydroxyl groups excluding tert-OH is 1. The summed E-state index contributed by atoms with van der Waals surface area (Å²) in [5, 5.41) is 19.3. The molecule has 0 aromatic carbocycles. The van der Waals surface area contributed by atoms with Crippen LogP contribution in [0.2, 0.25) is 0 Å². The molecule has 27 heavy (non-hydrogen) atoms. The van der Waals surface area contributed by atoms with Crippen molar-refractivity contribution in [2.24, 2.45) is 46.3 Å². The van der Waals surface area contributed by atoms with Crippen molar-refractivity contribution in [3.8, 4) is 0 Å². The summed E-state index contributed by atoms with van der Waals surface area (Å²) in [5.41, 5.74) is 0.882. The lowest BCUT2D eigenvalue weighted by molar-refractivity contribution is -0.138. The Morgan fingerprint density at radius 3 is 2.44 bits per heavy atom. The Hall–Kier alpha value is -0.570. The molecule has 4 rings (SSSR count). The van der Waals surface area contributed by atoms with Crippen LogP contribution in [0.4, 0.5) is 0 Å². The van der Waals surface area contributed by atoms with Gasteiger partial charge in [0.2, 0.25) is 0 Å². The van der Waals surface area contributed by atoms with Gasteiger partial charge >= 0.3 is 5.97 Å². The fourth-order valence-corrected chi connectivity index (χ4v) is 8.76. The van der Waals surface area contributed by atoms with E-state index >= 15 is 0 Å². The average molecular weight is 377 g/mol. The molecule has 0 aromatic heterocycles. The highest BCUT2D eigenvalue weighted by Gasteiger charge is 2.60. The van der Waals surface area contributed by atoms with E-state index in [1.54, 1.807) is 0 Å². The molecule has 4 saturated carbocycles. The van der Waals surface area contributed by atoms with Crippen LogP contribution in [0.15, 0.2) is 0 Å². The van der Waals surface area contributed by atoms with E-state index in [1.165, 1.54) is 44.9 Å². The van der Waals surface area contributed by atoms with E-state index in [0.717, 1.165) is 42.9 Å². The van der Waals surface area contributed by atoms with Gasteiger partial charge in [-0.25, -0.2) is 0 Å². The Labute approximate surface area is 165 Å².